The molecule has 2 aromatic rings. The Bertz CT molecular complexity index is 757. The third-order valence-electron chi connectivity index (χ3n) is 4.36. The molecule has 0 amide bonds. The SMILES string of the molecule is O=[N+]([O-])c1cc(CNC(c2ccc3c(c2)OCCO3)C2CC2)cs1. The first-order chi connectivity index (χ1) is 11.7. The Kier molecular flexibility index (Phi) is 4.12. The Morgan fingerprint density at radius 1 is 1.25 bits per heavy atom. The van der Waals surface area contributed by atoms with E-state index in [9.17, 15) is 10.1 Å². The molecule has 2 heterocycles. The van der Waals surface area contributed by atoms with Crippen LogP contribution in [0.5, 0.6) is 11.5 Å². The molecule has 6 nitrogen and oxygen atoms in total. The Labute approximate surface area is 143 Å². The van der Waals surface area contributed by atoms with Gasteiger partial charge in [-0.3, -0.25) is 10.1 Å². The van der Waals surface area contributed by atoms with Gasteiger partial charge in [0.15, 0.2) is 11.5 Å². The van der Waals surface area contributed by atoms with Gasteiger partial charge in [0.2, 0.25) is 0 Å². The molecule has 1 aromatic heterocycles. The minimum atomic E-state index is -0.340. The van der Waals surface area contributed by atoms with Gasteiger partial charge in [-0.15, -0.1) is 0 Å². The van der Waals surface area contributed by atoms with Crippen molar-refractivity contribution in [3.05, 3.63) is 50.9 Å². The summed E-state index contributed by atoms with van der Waals surface area (Å²) in [4.78, 5) is 10.5. The molecule has 1 N–H and O–H groups in total. The molecule has 24 heavy (non-hydrogen) atoms. The second-order valence-corrected chi connectivity index (χ2v) is 7.04. The average Bonchev–Trinajstić information content (AvgIpc) is 3.31. The zero-order valence-corrected chi connectivity index (χ0v) is 13.9. The summed E-state index contributed by atoms with van der Waals surface area (Å²) in [5.74, 6) is 2.21. The number of rotatable bonds is 6. The lowest BCUT2D eigenvalue weighted by Gasteiger charge is -2.23. The summed E-state index contributed by atoms with van der Waals surface area (Å²) >= 11 is 1.17. The molecule has 7 heteroatoms. The van der Waals surface area contributed by atoms with Crippen LogP contribution in [0.1, 0.15) is 30.0 Å². The van der Waals surface area contributed by atoms with E-state index < -0.39 is 0 Å². The fourth-order valence-electron chi connectivity index (χ4n) is 3.02. The lowest BCUT2D eigenvalue weighted by Crippen LogP contribution is -2.23. The highest BCUT2D eigenvalue weighted by atomic mass is 32.1. The number of benzene rings is 1. The third kappa shape index (κ3) is 3.22. The first-order valence-electron chi connectivity index (χ1n) is 8.05. The molecule has 0 bridgehead atoms. The van der Waals surface area contributed by atoms with Gasteiger partial charge < -0.3 is 14.8 Å². The van der Waals surface area contributed by atoms with Crippen molar-refractivity contribution in [2.75, 3.05) is 13.2 Å². The summed E-state index contributed by atoms with van der Waals surface area (Å²) in [5.41, 5.74) is 2.14. The Morgan fingerprint density at radius 2 is 2.04 bits per heavy atom. The molecule has 4 rings (SSSR count). The van der Waals surface area contributed by atoms with Crippen LogP contribution >= 0.6 is 11.3 Å². The summed E-state index contributed by atoms with van der Waals surface area (Å²) in [6.45, 7) is 1.80. The van der Waals surface area contributed by atoms with Crippen molar-refractivity contribution in [1.29, 1.82) is 0 Å². The van der Waals surface area contributed by atoms with Gasteiger partial charge >= 0.3 is 5.00 Å². The number of ether oxygens (including phenoxy) is 2. The summed E-state index contributed by atoms with van der Waals surface area (Å²) in [6, 6.07) is 7.99. The number of nitrogens with one attached hydrogen (secondary N) is 1. The van der Waals surface area contributed by atoms with Crippen molar-refractivity contribution in [1.82, 2.24) is 5.32 Å². The second kappa shape index (κ2) is 6.41. The molecule has 0 radical (unpaired) electrons. The van der Waals surface area contributed by atoms with E-state index in [-0.39, 0.29) is 16.0 Å². The van der Waals surface area contributed by atoms with Crippen molar-refractivity contribution >= 4 is 16.3 Å². The first kappa shape index (κ1) is 15.4. The standard InChI is InChI=1S/C17H18N2O4S/c20-19(21)16-7-11(10-24-16)9-18-17(12-1-2-12)13-3-4-14-15(8-13)23-6-5-22-14/h3-4,7-8,10,12,17-18H,1-2,5-6,9H2. The molecule has 1 unspecified atom stereocenters. The fourth-order valence-corrected chi connectivity index (χ4v) is 3.75. The van der Waals surface area contributed by atoms with Crippen molar-refractivity contribution in [3.63, 3.8) is 0 Å². The van der Waals surface area contributed by atoms with E-state index in [4.69, 9.17) is 9.47 Å². The van der Waals surface area contributed by atoms with Gasteiger partial charge in [0.25, 0.3) is 0 Å². The minimum Gasteiger partial charge on any atom is -0.486 e. The van der Waals surface area contributed by atoms with E-state index in [1.807, 2.05) is 11.4 Å². The normalized spacial score (nSPS) is 17.5. The quantitative estimate of drug-likeness (QED) is 0.638. The van der Waals surface area contributed by atoms with Gasteiger partial charge in [0.05, 0.1) is 4.92 Å². The number of hydrogen-bond donors (Lipinski definition) is 1. The number of fused-ring (bicyclic) bond motifs is 1. The smallest absolute Gasteiger partial charge is 0.324 e. The van der Waals surface area contributed by atoms with E-state index in [1.165, 1.54) is 29.7 Å². The maximum atomic E-state index is 10.8. The van der Waals surface area contributed by atoms with Gasteiger partial charge in [-0.1, -0.05) is 17.4 Å². The summed E-state index contributed by atoms with van der Waals surface area (Å²) in [5, 5.41) is 16.4. The van der Waals surface area contributed by atoms with E-state index in [1.54, 1.807) is 6.07 Å². The van der Waals surface area contributed by atoms with Gasteiger partial charge in [-0.25, -0.2) is 0 Å². The summed E-state index contributed by atoms with van der Waals surface area (Å²) in [7, 11) is 0. The van der Waals surface area contributed by atoms with Crippen LogP contribution in [0.2, 0.25) is 0 Å². The predicted octanol–water partition coefficient (Wildman–Crippen LogP) is 3.67. The highest BCUT2D eigenvalue weighted by molar-refractivity contribution is 7.13. The lowest BCUT2D eigenvalue weighted by molar-refractivity contribution is -0.380. The van der Waals surface area contributed by atoms with Crippen LogP contribution in [0.4, 0.5) is 5.00 Å². The molecule has 2 aliphatic rings. The third-order valence-corrected chi connectivity index (χ3v) is 5.29. The lowest BCUT2D eigenvalue weighted by atomic mass is 10.0. The van der Waals surface area contributed by atoms with Crippen molar-refractivity contribution < 1.29 is 14.4 Å². The first-order valence-corrected chi connectivity index (χ1v) is 8.93. The highest BCUT2D eigenvalue weighted by Crippen LogP contribution is 2.43. The molecule has 0 spiro atoms. The molecule has 0 saturated heterocycles. The van der Waals surface area contributed by atoms with Crippen molar-refractivity contribution in [2.45, 2.75) is 25.4 Å². The zero-order valence-electron chi connectivity index (χ0n) is 13.1. The molecule has 1 aliphatic heterocycles. The van der Waals surface area contributed by atoms with E-state index in [0.717, 1.165) is 17.1 Å². The predicted molar refractivity (Wildman–Crippen MR) is 90.7 cm³/mol. The van der Waals surface area contributed by atoms with Crippen LogP contribution in [0.3, 0.4) is 0 Å². The topological polar surface area (TPSA) is 73.6 Å². The van der Waals surface area contributed by atoms with Gasteiger partial charge in [0, 0.05) is 24.0 Å². The Balaban J connectivity index is 1.49. The van der Waals surface area contributed by atoms with Crippen LogP contribution in [0.15, 0.2) is 29.6 Å². The van der Waals surface area contributed by atoms with Gasteiger partial charge in [-0.05, 0) is 42.0 Å². The molecule has 1 atom stereocenters. The van der Waals surface area contributed by atoms with E-state index in [0.29, 0.717) is 25.7 Å². The van der Waals surface area contributed by atoms with Gasteiger partial charge in [-0.2, -0.15) is 0 Å². The number of nitro groups is 1. The maximum absolute atomic E-state index is 10.8. The summed E-state index contributed by atoms with van der Waals surface area (Å²) in [6.07, 6.45) is 2.41. The second-order valence-electron chi connectivity index (χ2n) is 6.15. The van der Waals surface area contributed by atoms with Gasteiger partial charge in [0.1, 0.15) is 13.2 Å². The summed E-state index contributed by atoms with van der Waals surface area (Å²) < 4.78 is 11.3. The maximum Gasteiger partial charge on any atom is 0.324 e. The number of hydrogen-bond acceptors (Lipinski definition) is 6. The monoisotopic (exact) mass is 346 g/mol. The average molecular weight is 346 g/mol. The van der Waals surface area contributed by atoms with Crippen LogP contribution < -0.4 is 14.8 Å². The zero-order chi connectivity index (χ0) is 16.5. The number of thiophene rings is 1. The molecular weight excluding hydrogens is 328 g/mol. The molecule has 1 saturated carbocycles. The fraction of sp³-hybridized carbons (Fsp3) is 0.412. The van der Waals surface area contributed by atoms with Crippen LogP contribution in [-0.2, 0) is 6.54 Å². The largest absolute Gasteiger partial charge is 0.486 e. The van der Waals surface area contributed by atoms with Crippen molar-refractivity contribution in [3.8, 4) is 11.5 Å². The van der Waals surface area contributed by atoms with Crippen LogP contribution in [-0.4, -0.2) is 18.1 Å². The number of nitrogens with zero attached hydrogens (tertiary/aromatic N) is 1. The van der Waals surface area contributed by atoms with Crippen molar-refractivity contribution in [2.24, 2.45) is 5.92 Å². The molecular formula is C17H18N2O4S. The molecule has 1 fully saturated rings. The molecule has 126 valence electrons. The Morgan fingerprint density at radius 3 is 2.75 bits per heavy atom. The minimum absolute atomic E-state index is 0.189. The molecule has 1 aliphatic carbocycles. The van der Waals surface area contributed by atoms with Crippen LogP contribution in [0.25, 0.3) is 0 Å². The Hall–Kier alpha value is -2.12. The molecule has 1 aromatic carbocycles. The van der Waals surface area contributed by atoms with Crippen LogP contribution in [0, 0.1) is 16.0 Å². The van der Waals surface area contributed by atoms with E-state index >= 15 is 0 Å². The highest BCUT2D eigenvalue weighted by Gasteiger charge is 2.32. The van der Waals surface area contributed by atoms with E-state index in [2.05, 4.69) is 17.4 Å².